The second kappa shape index (κ2) is 6.02. The molecule has 2 heterocycles. The van der Waals surface area contributed by atoms with E-state index in [0.717, 1.165) is 19.3 Å². The van der Waals surface area contributed by atoms with Gasteiger partial charge in [-0.15, -0.1) is 0 Å². The van der Waals surface area contributed by atoms with Gasteiger partial charge in [0.1, 0.15) is 0 Å². The van der Waals surface area contributed by atoms with Crippen LogP contribution in [0.3, 0.4) is 0 Å². The predicted molar refractivity (Wildman–Crippen MR) is 87.1 cm³/mol. The highest BCUT2D eigenvalue weighted by Crippen LogP contribution is 2.29. The number of benzene rings is 1. The van der Waals surface area contributed by atoms with Crippen LogP contribution < -0.4 is 0 Å². The predicted octanol–water partition coefficient (Wildman–Crippen LogP) is 3.17. The van der Waals surface area contributed by atoms with E-state index in [9.17, 15) is 8.42 Å². The van der Waals surface area contributed by atoms with Gasteiger partial charge in [0.2, 0.25) is 10.0 Å². The fourth-order valence-electron chi connectivity index (χ4n) is 2.87. The first-order valence-corrected chi connectivity index (χ1v) is 9.62. The molecule has 4 nitrogen and oxygen atoms in total. The molecule has 2 aromatic rings. The fraction of sp³-hybridized carbons (Fsp3) is 0.400. The van der Waals surface area contributed by atoms with Crippen molar-refractivity contribution in [3.63, 3.8) is 0 Å². The largest absolute Gasteiger partial charge is 0.256 e. The molecule has 0 aliphatic carbocycles. The standard InChI is InChI=1S/C15H17BrN2O2S/c16-11-12-5-1-2-10-18(12)21(19,20)15-8-3-7-14-13(15)6-4-9-17-14/h3-4,6-9,12H,1-2,5,10-11H2. The van der Waals surface area contributed by atoms with Crippen LogP contribution in [0.5, 0.6) is 0 Å². The van der Waals surface area contributed by atoms with E-state index in [1.165, 1.54) is 0 Å². The van der Waals surface area contributed by atoms with Crippen LogP contribution in [0, 0.1) is 0 Å². The zero-order valence-corrected chi connectivity index (χ0v) is 14.0. The normalized spacial score (nSPS) is 20.7. The fourth-order valence-corrected chi connectivity index (χ4v) is 5.63. The monoisotopic (exact) mass is 368 g/mol. The third-order valence-corrected chi connectivity index (χ3v) is 6.70. The number of halogens is 1. The molecule has 1 aromatic carbocycles. The lowest BCUT2D eigenvalue weighted by Crippen LogP contribution is -2.44. The van der Waals surface area contributed by atoms with E-state index in [-0.39, 0.29) is 6.04 Å². The molecular formula is C15H17BrN2O2S. The van der Waals surface area contributed by atoms with Gasteiger partial charge in [0, 0.05) is 29.5 Å². The smallest absolute Gasteiger partial charge is 0.244 e. The molecule has 1 aliphatic rings. The van der Waals surface area contributed by atoms with Crippen LogP contribution in [0.15, 0.2) is 41.4 Å². The van der Waals surface area contributed by atoms with Gasteiger partial charge in [0.15, 0.2) is 0 Å². The molecule has 6 heteroatoms. The lowest BCUT2D eigenvalue weighted by Gasteiger charge is -2.33. The molecule has 0 amide bonds. The number of fused-ring (bicyclic) bond motifs is 1. The van der Waals surface area contributed by atoms with Crippen molar-refractivity contribution in [1.29, 1.82) is 0 Å². The minimum absolute atomic E-state index is 0.0377. The number of rotatable bonds is 3. The van der Waals surface area contributed by atoms with Gasteiger partial charge in [0.05, 0.1) is 10.4 Å². The van der Waals surface area contributed by atoms with Crippen molar-refractivity contribution in [2.45, 2.75) is 30.2 Å². The average Bonchev–Trinajstić information content (AvgIpc) is 2.54. The number of pyridine rings is 1. The van der Waals surface area contributed by atoms with Crippen LogP contribution in [-0.4, -0.2) is 35.6 Å². The van der Waals surface area contributed by atoms with Gasteiger partial charge in [-0.05, 0) is 37.1 Å². The molecule has 1 saturated heterocycles. The van der Waals surface area contributed by atoms with E-state index in [1.807, 2.05) is 12.1 Å². The maximum atomic E-state index is 13.0. The number of piperidine rings is 1. The third-order valence-electron chi connectivity index (χ3n) is 3.94. The minimum atomic E-state index is -3.49. The summed E-state index contributed by atoms with van der Waals surface area (Å²) in [5, 5.41) is 1.37. The second-order valence-electron chi connectivity index (χ2n) is 5.25. The Hall–Kier alpha value is -0.980. The molecule has 1 fully saturated rings. The van der Waals surface area contributed by atoms with Gasteiger partial charge in [0.25, 0.3) is 0 Å². The van der Waals surface area contributed by atoms with Crippen molar-refractivity contribution in [2.24, 2.45) is 0 Å². The third kappa shape index (κ3) is 2.72. The summed E-state index contributed by atoms with van der Waals surface area (Å²) in [6.07, 6.45) is 4.60. The van der Waals surface area contributed by atoms with Crippen molar-refractivity contribution in [3.05, 3.63) is 36.5 Å². The number of hydrogen-bond acceptors (Lipinski definition) is 3. The molecule has 0 spiro atoms. The summed E-state index contributed by atoms with van der Waals surface area (Å²) >= 11 is 3.45. The molecule has 0 bridgehead atoms. The summed E-state index contributed by atoms with van der Waals surface area (Å²) in [4.78, 5) is 4.61. The van der Waals surface area contributed by atoms with Crippen LogP contribution in [0.4, 0.5) is 0 Å². The van der Waals surface area contributed by atoms with E-state index in [4.69, 9.17) is 0 Å². The minimum Gasteiger partial charge on any atom is -0.256 e. The Morgan fingerprint density at radius 3 is 2.90 bits per heavy atom. The summed E-state index contributed by atoms with van der Waals surface area (Å²) in [6, 6.07) is 8.92. The Labute approximate surface area is 133 Å². The van der Waals surface area contributed by atoms with Gasteiger partial charge in [-0.25, -0.2) is 8.42 Å². The van der Waals surface area contributed by atoms with Gasteiger partial charge in [-0.3, -0.25) is 4.98 Å². The number of nitrogens with zero attached hydrogens (tertiary/aromatic N) is 2. The van der Waals surface area contributed by atoms with Gasteiger partial charge >= 0.3 is 0 Å². The molecule has 112 valence electrons. The van der Waals surface area contributed by atoms with Gasteiger partial charge in [-0.1, -0.05) is 28.4 Å². The summed E-state index contributed by atoms with van der Waals surface area (Å²) < 4.78 is 27.7. The SMILES string of the molecule is O=S(=O)(c1cccc2ncccc12)N1CCCCC1CBr. The highest BCUT2D eigenvalue weighted by atomic mass is 79.9. The number of hydrogen-bond donors (Lipinski definition) is 0. The number of alkyl halides is 1. The molecule has 0 saturated carbocycles. The highest BCUT2D eigenvalue weighted by Gasteiger charge is 2.33. The van der Waals surface area contributed by atoms with Crippen molar-refractivity contribution in [2.75, 3.05) is 11.9 Å². The Bertz CT molecular complexity index is 743. The Morgan fingerprint density at radius 1 is 1.24 bits per heavy atom. The van der Waals surface area contributed by atoms with Crippen LogP contribution in [-0.2, 0) is 10.0 Å². The molecule has 1 atom stereocenters. The van der Waals surface area contributed by atoms with Crippen molar-refractivity contribution in [3.8, 4) is 0 Å². The topological polar surface area (TPSA) is 50.3 Å². The van der Waals surface area contributed by atoms with Crippen LogP contribution in [0.2, 0.25) is 0 Å². The zero-order chi connectivity index (χ0) is 14.9. The second-order valence-corrected chi connectivity index (χ2v) is 7.75. The Balaban J connectivity index is 2.12. The molecular weight excluding hydrogens is 352 g/mol. The summed E-state index contributed by atoms with van der Waals surface area (Å²) in [7, 11) is -3.49. The molecule has 3 rings (SSSR count). The molecule has 0 radical (unpaired) electrons. The van der Waals surface area contributed by atoms with E-state index >= 15 is 0 Å². The van der Waals surface area contributed by atoms with Crippen LogP contribution in [0.25, 0.3) is 10.9 Å². The highest BCUT2D eigenvalue weighted by molar-refractivity contribution is 9.09. The zero-order valence-electron chi connectivity index (χ0n) is 11.6. The Kier molecular flexibility index (Phi) is 4.28. The molecule has 21 heavy (non-hydrogen) atoms. The number of sulfonamides is 1. The summed E-state index contributed by atoms with van der Waals surface area (Å²) in [6.45, 7) is 0.593. The van der Waals surface area contributed by atoms with Crippen molar-refractivity contribution < 1.29 is 8.42 Å². The average molecular weight is 369 g/mol. The quantitative estimate of drug-likeness (QED) is 0.781. The van der Waals surface area contributed by atoms with E-state index in [2.05, 4.69) is 20.9 Å². The lowest BCUT2D eigenvalue weighted by molar-refractivity contribution is 0.274. The van der Waals surface area contributed by atoms with Gasteiger partial charge in [-0.2, -0.15) is 4.31 Å². The Morgan fingerprint density at radius 2 is 2.10 bits per heavy atom. The maximum Gasteiger partial charge on any atom is 0.244 e. The summed E-state index contributed by atoms with van der Waals surface area (Å²) in [5.74, 6) is 0. The molecule has 1 aromatic heterocycles. The molecule has 0 N–H and O–H groups in total. The van der Waals surface area contributed by atoms with Crippen LogP contribution >= 0.6 is 15.9 Å². The van der Waals surface area contributed by atoms with E-state index in [1.54, 1.807) is 28.7 Å². The number of aromatic nitrogens is 1. The van der Waals surface area contributed by atoms with E-state index in [0.29, 0.717) is 27.7 Å². The lowest BCUT2D eigenvalue weighted by atomic mass is 10.1. The first-order valence-electron chi connectivity index (χ1n) is 7.06. The van der Waals surface area contributed by atoms with Crippen molar-refractivity contribution in [1.82, 2.24) is 9.29 Å². The molecule has 1 aliphatic heterocycles. The first-order chi connectivity index (χ1) is 10.1. The first kappa shape index (κ1) is 14.9. The van der Waals surface area contributed by atoms with Gasteiger partial charge < -0.3 is 0 Å². The summed E-state index contributed by atoms with van der Waals surface area (Å²) in [5.41, 5.74) is 0.714. The molecule has 1 unspecified atom stereocenters. The van der Waals surface area contributed by atoms with E-state index < -0.39 is 10.0 Å². The maximum absolute atomic E-state index is 13.0. The van der Waals surface area contributed by atoms with Crippen molar-refractivity contribution >= 4 is 36.9 Å². The van der Waals surface area contributed by atoms with Crippen LogP contribution in [0.1, 0.15) is 19.3 Å².